The SMILES string of the molecule is COCCN(CC1CCCN1)S(=O)(=O)C(C)C#N. The Labute approximate surface area is 109 Å². The van der Waals surface area contributed by atoms with Crippen molar-refractivity contribution in [2.75, 3.05) is 33.4 Å². The Morgan fingerprint density at radius 3 is 2.83 bits per heavy atom. The van der Waals surface area contributed by atoms with Crippen LogP contribution < -0.4 is 5.32 Å². The first-order valence-electron chi connectivity index (χ1n) is 6.13. The second kappa shape index (κ2) is 7.04. The fourth-order valence-electron chi connectivity index (χ4n) is 1.96. The molecular weight excluding hydrogens is 254 g/mol. The molecule has 0 amide bonds. The smallest absolute Gasteiger partial charge is 0.230 e. The van der Waals surface area contributed by atoms with E-state index >= 15 is 0 Å². The maximum Gasteiger partial charge on any atom is 0.230 e. The highest BCUT2D eigenvalue weighted by molar-refractivity contribution is 7.89. The lowest BCUT2D eigenvalue weighted by molar-refractivity contribution is 0.176. The largest absolute Gasteiger partial charge is 0.383 e. The molecule has 1 aliphatic rings. The number of ether oxygens (including phenoxy) is 1. The van der Waals surface area contributed by atoms with Crippen LogP contribution in [0, 0.1) is 11.3 Å². The third kappa shape index (κ3) is 3.92. The minimum absolute atomic E-state index is 0.183. The molecule has 0 spiro atoms. The molecule has 104 valence electrons. The molecule has 0 radical (unpaired) electrons. The maximum atomic E-state index is 12.2. The summed E-state index contributed by atoms with van der Waals surface area (Å²) in [6.45, 7) is 3.39. The summed E-state index contributed by atoms with van der Waals surface area (Å²) < 4.78 is 30.7. The van der Waals surface area contributed by atoms with Gasteiger partial charge in [0.15, 0.2) is 5.25 Å². The molecule has 2 atom stereocenters. The number of rotatable bonds is 7. The predicted octanol–water partition coefficient (Wildman–Crippen LogP) is -0.0713. The quantitative estimate of drug-likeness (QED) is 0.703. The van der Waals surface area contributed by atoms with E-state index in [2.05, 4.69) is 5.32 Å². The molecule has 6 nitrogen and oxygen atoms in total. The number of hydrogen-bond donors (Lipinski definition) is 1. The summed E-state index contributed by atoms with van der Waals surface area (Å²) >= 11 is 0. The number of sulfonamides is 1. The van der Waals surface area contributed by atoms with Crippen molar-refractivity contribution in [3.05, 3.63) is 0 Å². The monoisotopic (exact) mass is 275 g/mol. The Kier molecular flexibility index (Phi) is 6.02. The summed E-state index contributed by atoms with van der Waals surface area (Å²) in [5.41, 5.74) is 0. The van der Waals surface area contributed by atoms with Gasteiger partial charge in [0.2, 0.25) is 10.0 Å². The summed E-state index contributed by atoms with van der Waals surface area (Å²) in [4.78, 5) is 0. The van der Waals surface area contributed by atoms with E-state index in [1.165, 1.54) is 18.3 Å². The molecule has 0 aliphatic carbocycles. The van der Waals surface area contributed by atoms with Gasteiger partial charge in [-0.15, -0.1) is 0 Å². The fourth-order valence-corrected chi connectivity index (χ4v) is 3.26. The van der Waals surface area contributed by atoms with E-state index in [0.29, 0.717) is 19.7 Å². The van der Waals surface area contributed by atoms with Crippen LogP contribution in [-0.4, -0.2) is 57.4 Å². The van der Waals surface area contributed by atoms with Crippen LogP contribution in [0.5, 0.6) is 0 Å². The van der Waals surface area contributed by atoms with E-state index in [1.54, 1.807) is 6.07 Å². The van der Waals surface area contributed by atoms with Crippen molar-refractivity contribution < 1.29 is 13.2 Å². The lowest BCUT2D eigenvalue weighted by atomic mass is 10.2. The topological polar surface area (TPSA) is 82.4 Å². The van der Waals surface area contributed by atoms with E-state index in [4.69, 9.17) is 10.00 Å². The molecule has 0 bridgehead atoms. The number of hydrogen-bond acceptors (Lipinski definition) is 5. The normalized spacial score (nSPS) is 22.0. The van der Waals surface area contributed by atoms with E-state index in [9.17, 15) is 8.42 Å². The van der Waals surface area contributed by atoms with Crippen molar-refractivity contribution in [1.29, 1.82) is 5.26 Å². The molecule has 1 rings (SSSR count). The number of nitrogens with zero attached hydrogens (tertiary/aromatic N) is 2. The van der Waals surface area contributed by atoms with Crippen LogP contribution in [0.15, 0.2) is 0 Å². The Morgan fingerprint density at radius 2 is 2.33 bits per heavy atom. The molecule has 0 saturated carbocycles. The molecule has 1 N–H and O–H groups in total. The molecule has 1 fully saturated rings. The average Bonchev–Trinajstić information content (AvgIpc) is 2.85. The van der Waals surface area contributed by atoms with Gasteiger partial charge in [-0.3, -0.25) is 0 Å². The molecule has 18 heavy (non-hydrogen) atoms. The minimum Gasteiger partial charge on any atom is -0.383 e. The summed E-state index contributed by atoms with van der Waals surface area (Å²) in [5, 5.41) is 11.0. The van der Waals surface area contributed by atoms with Crippen molar-refractivity contribution in [2.45, 2.75) is 31.1 Å². The van der Waals surface area contributed by atoms with Crippen LogP contribution in [0.4, 0.5) is 0 Å². The van der Waals surface area contributed by atoms with Crippen molar-refractivity contribution in [2.24, 2.45) is 0 Å². The van der Waals surface area contributed by atoms with Crippen LogP contribution in [0.2, 0.25) is 0 Å². The first-order chi connectivity index (χ1) is 8.52. The lowest BCUT2D eigenvalue weighted by Crippen LogP contribution is -2.45. The van der Waals surface area contributed by atoms with Gasteiger partial charge < -0.3 is 10.1 Å². The lowest BCUT2D eigenvalue weighted by Gasteiger charge is -2.25. The van der Waals surface area contributed by atoms with Gasteiger partial charge in [-0.2, -0.15) is 9.57 Å². The molecule has 7 heteroatoms. The summed E-state index contributed by atoms with van der Waals surface area (Å²) in [6.07, 6.45) is 2.04. The molecule has 1 saturated heterocycles. The Hall–Kier alpha value is -0.680. The predicted molar refractivity (Wildman–Crippen MR) is 68.5 cm³/mol. The molecular formula is C11H21N3O3S. The first kappa shape index (κ1) is 15.4. The molecule has 0 aromatic rings. The fraction of sp³-hybridized carbons (Fsp3) is 0.909. The van der Waals surface area contributed by atoms with Gasteiger partial charge in [-0.25, -0.2) is 8.42 Å². The van der Waals surface area contributed by atoms with Crippen molar-refractivity contribution in [3.63, 3.8) is 0 Å². The highest BCUT2D eigenvalue weighted by atomic mass is 32.2. The number of methoxy groups -OCH3 is 1. The van der Waals surface area contributed by atoms with Gasteiger partial charge in [0, 0.05) is 26.2 Å². The van der Waals surface area contributed by atoms with Crippen LogP contribution in [-0.2, 0) is 14.8 Å². The third-order valence-electron chi connectivity index (χ3n) is 3.12. The standard InChI is InChI=1S/C11H21N3O3S/c1-10(8-12)18(15,16)14(6-7-17-2)9-11-4-3-5-13-11/h10-11,13H,3-7,9H2,1-2H3. The molecule has 1 heterocycles. The van der Waals surface area contributed by atoms with Gasteiger partial charge in [-0.1, -0.05) is 0 Å². The molecule has 1 aliphatic heterocycles. The average molecular weight is 275 g/mol. The zero-order chi connectivity index (χ0) is 13.6. The van der Waals surface area contributed by atoms with Gasteiger partial charge in [0.05, 0.1) is 12.7 Å². The molecule has 2 unspecified atom stereocenters. The van der Waals surface area contributed by atoms with E-state index in [1.807, 2.05) is 0 Å². The minimum atomic E-state index is -3.56. The second-order valence-corrected chi connectivity index (χ2v) is 6.71. The van der Waals surface area contributed by atoms with Crippen molar-refractivity contribution in [3.8, 4) is 6.07 Å². The van der Waals surface area contributed by atoms with E-state index in [0.717, 1.165) is 19.4 Å². The van der Waals surface area contributed by atoms with Crippen molar-refractivity contribution in [1.82, 2.24) is 9.62 Å². The van der Waals surface area contributed by atoms with Gasteiger partial charge in [0.1, 0.15) is 0 Å². The second-order valence-electron chi connectivity index (χ2n) is 4.46. The maximum absolute atomic E-state index is 12.2. The summed E-state index contributed by atoms with van der Waals surface area (Å²) in [6, 6.07) is 1.98. The van der Waals surface area contributed by atoms with Gasteiger partial charge in [-0.05, 0) is 26.3 Å². The van der Waals surface area contributed by atoms with Crippen LogP contribution in [0.25, 0.3) is 0 Å². The summed E-state index contributed by atoms with van der Waals surface area (Å²) in [7, 11) is -2.02. The number of nitriles is 1. The zero-order valence-corrected chi connectivity index (χ0v) is 11.7. The van der Waals surface area contributed by atoms with Crippen molar-refractivity contribution >= 4 is 10.0 Å². The van der Waals surface area contributed by atoms with Crippen LogP contribution >= 0.6 is 0 Å². The number of nitrogens with one attached hydrogen (secondary N) is 1. The van der Waals surface area contributed by atoms with Crippen LogP contribution in [0.3, 0.4) is 0 Å². The third-order valence-corrected chi connectivity index (χ3v) is 5.17. The van der Waals surface area contributed by atoms with Gasteiger partial charge in [0.25, 0.3) is 0 Å². The molecule has 0 aromatic carbocycles. The Balaban J connectivity index is 2.73. The highest BCUT2D eigenvalue weighted by Crippen LogP contribution is 2.13. The first-order valence-corrected chi connectivity index (χ1v) is 7.63. The van der Waals surface area contributed by atoms with E-state index < -0.39 is 15.3 Å². The zero-order valence-electron chi connectivity index (χ0n) is 10.9. The molecule has 0 aromatic heterocycles. The van der Waals surface area contributed by atoms with E-state index in [-0.39, 0.29) is 6.04 Å². The highest BCUT2D eigenvalue weighted by Gasteiger charge is 2.31. The summed E-state index contributed by atoms with van der Waals surface area (Å²) in [5.74, 6) is 0. The Bertz CT molecular complexity index is 385. The Morgan fingerprint density at radius 1 is 1.61 bits per heavy atom. The van der Waals surface area contributed by atoms with Gasteiger partial charge >= 0.3 is 0 Å². The van der Waals surface area contributed by atoms with Crippen LogP contribution in [0.1, 0.15) is 19.8 Å².